The fourth-order valence-corrected chi connectivity index (χ4v) is 12.5. The summed E-state index contributed by atoms with van der Waals surface area (Å²) >= 11 is -2.77. The Balaban J connectivity index is 0.000000552. The first-order valence-corrected chi connectivity index (χ1v) is 12.9. The van der Waals surface area contributed by atoms with Crippen molar-refractivity contribution in [3.63, 3.8) is 0 Å². The second-order valence-corrected chi connectivity index (χ2v) is 13.4. The molecule has 144 valence electrons. The fraction of sp³-hybridized carbons (Fsp3) is 0. The number of hydrogen-bond acceptors (Lipinski definition) is 2. The molecule has 0 amide bonds. The van der Waals surface area contributed by atoms with Gasteiger partial charge in [0.25, 0.3) is 5.09 Å². The van der Waals surface area contributed by atoms with Crippen LogP contribution in [0.5, 0.6) is 0 Å². The van der Waals surface area contributed by atoms with Gasteiger partial charge in [0.05, 0.1) is 0 Å². The van der Waals surface area contributed by atoms with Crippen LogP contribution >= 0.6 is 0 Å². The molecule has 0 aliphatic heterocycles. The summed E-state index contributed by atoms with van der Waals surface area (Å²) in [5.74, 6) is 0. The van der Waals surface area contributed by atoms with E-state index in [1.54, 1.807) is 0 Å². The molecule has 0 heterocycles. The summed E-state index contributed by atoms with van der Waals surface area (Å²) in [6.45, 7) is 0. The van der Waals surface area contributed by atoms with Gasteiger partial charge in [-0.3, -0.25) is 0 Å². The normalized spacial score (nSPS) is 10.5. The Hall–Kier alpha value is -3.36. The molecule has 0 bridgehead atoms. The summed E-state index contributed by atoms with van der Waals surface area (Å²) in [5, 5.41) is 13.6. The second-order valence-electron chi connectivity index (χ2n) is 6.25. The van der Waals surface area contributed by atoms with Gasteiger partial charge in [0.2, 0.25) is 0 Å². The molecule has 0 aromatic heterocycles. The van der Waals surface area contributed by atoms with Gasteiger partial charge in [-0.05, 0) is 0 Å². The van der Waals surface area contributed by atoms with Crippen molar-refractivity contribution in [1.82, 2.24) is 0 Å². The third-order valence-electron chi connectivity index (χ3n) is 4.57. The minimum absolute atomic E-state index is 1.45. The fourth-order valence-electron chi connectivity index (χ4n) is 3.50. The Morgan fingerprint density at radius 2 is 0.690 bits per heavy atom. The van der Waals surface area contributed by atoms with E-state index in [9.17, 15) is 0 Å². The van der Waals surface area contributed by atoms with Gasteiger partial charge >= 0.3 is 152 Å². The molecule has 0 saturated heterocycles. The van der Waals surface area contributed by atoms with Crippen molar-refractivity contribution in [1.29, 1.82) is 0 Å². The van der Waals surface area contributed by atoms with E-state index in [2.05, 4.69) is 121 Å². The van der Waals surface area contributed by atoms with E-state index in [4.69, 9.17) is 15.3 Å². The maximum atomic E-state index is 8.36. The molecule has 0 aliphatic carbocycles. The number of hydrogen-bond donors (Lipinski definition) is 1. The summed E-state index contributed by atoms with van der Waals surface area (Å²) in [6.07, 6.45) is 0. The molecule has 0 fully saturated rings. The van der Waals surface area contributed by atoms with Crippen molar-refractivity contribution in [2.24, 2.45) is 0 Å². The summed E-state index contributed by atoms with van der Waals surface area (Å²) in [4.78, 5) is 8.36. The average Bonchev–Trinajstić information content (AvgIpc) is 2.77. The van der Waals surface area contributed by atoms with E-state index in [1.165, 1.54) is 17.4 Å². The van der Waals surface area contributed by atoms with Gasteiger partial charge < -0.3 is 5.21 Å². The molecule has 29 heavy (non-hydrogen) atoms. The zero-order valence-electron chi connectivity index (χ0n) is 15.7. The standard InChI is InChI=1S/C24H20As.HNO3/c1-5-13-21(14-6-1)25(22-15-7-2-8-16-22,23-17-9-3-10-18-23)24-19-11-4-12-20-24;2-1(3)4/h1-20H;(H,2,3,4)/q+1;. The summed E-state index contributed by atoms with van der Waals surface area (Å²) in [7, 11) is 0. The Bertz CT molecular complexity index is 859. The molecular formula is C24H21AsNO3+. The predicted molar refractivity (Wildman–Crippen MR) is 119 cm³/mol. The molecule has 0 saturated carbocycles. The predicted octanol–water partition coefficient (Wildman–Crippen LogP) is 2.72. The zero-order valence-corrected chi connectivity index (χ0v) is 17.6. The Labute approximate surface area is 172 Å². The molecule has 1 N–H and O–H groups in total. The van der Waals surface area contributed by atoms with Crippen LogP contribution in [0.15, 0.2) is 121 Å². The minimum atomic E-state index is -2.77. The molecule has 4 aromatic carbocycles. The van der Waals surface area contributed by atoms with Crippen LogP contribution in [-0.4, -0.2) is 23.8 Å². The first kappa shape index (κ1) is 20.4. The van der Waals surface area contributed by atoms with Crippen LogP contribution in [0.25, 0.3) is 0 Å². The number of rotatable bonds is 4. The van der Waals surface area contributed by atoms with Gasteiger partial charge in [0.15, 0.2) is 0 Å². The van der Waals surface area contributed by atoms with E-state index in [0.29, 0.717) is 0 Å². The van der Waals surface area contributed by atoms with Gasteiger partial charge in [-0.25, -0.2) is 0 Å². The quantitative estimate of drug-likeness (QED) is 0.298. The van der Waals surface area contributed by atoms with E-state index >= 15 is 0 Å². The molecular weight excluding hydrogens is 425 g/mol. The van der Waals surface area contributed by atoms with E-state index in [-0.39, 0.29) is 0 Å². The van der Waals surface area contributed by atoms with Crippen LogP contribution in [0.3, 0.4) is 0 Å². The third-order valence-corrected chi connectivity index (χ3v) is 13.6. The van der Waals surface area contributed by atoms with Gasteiger partial charge in [-0.2, -0.15) is 0 Å². The van der Waals surface area contributed by atoms with Crippen LogP contribution < -0.4 is 17.4 Å². The topological polar surface area (TPSA) is 63.4 Å². The van der Waals surface area contributed by atoms with Crippen LogP contribution in [0.2, 0.25) is 0 Å². The van der Waals surface area contributed by atoms with Gasteiger partial charge in [0, 0.05) is 0 Å². The summed E-state index contributed by atoms with van der Waals surface area (Å²) in [6, 6.07) is 44.2. The molecule has 0 aliphatic rings. The first-order chi connectivity index (χ1) is 14.2. The van der Waals surface area contributed by atoms with E-state index < -0.39 is 18.6 Å². The Kier molecular flexibility index (Phi) is 6.83. The van der Waals surface area contributed by atoms with Crippen LogP contribution in [0, 0.1) is 10.1 Å². The molecule has 0 atom stereocenters. The second kappa shape index (κ2) is 9.72. The first-order valence-electron chi connectivity index (χ1n) is 9.10. The van der Waals surface area contributed by atoms with Crippen molar-refractivity contribution in [3.8, 4) is 0 Å². The van der Waals surface area contributed by atoms with Crippen molar-refractivity contribution in [2.45, 2.75) is 0 Å². The molecule has 5 heteroatoms. The monoisotopic (exact) mass is 446 g/mol. The SMILES string of the molecule is O=[N+]([O-])O.c1ccc([As+](c2ccccc2)(c2ccccc2)c2ccccc2)cc1. The number of nitrogens with zero attached hydrogens (tertiary/aromatic N) is 1. The van der Waals surface area contributed by atoms with E-state index in [0.717, 1.165) is 0 Å². The van der Waals surface area contributed by atoms with E-state index in [1.807, 2.05) is 0 Å². The van der Waals surface area contributed by atoms with Crippen LogP contribution in [-0.2, 0) is 0 Å². The molecule has 4 rings (SSSR count). The van der Waals surface area contributed by atoms with Crippen molar-refractivity contribution < 1.29 is 10.3 Å². The summed E-state index contributed by atoms with van der Waals surface area (Å²) < 4.78 is 5.79. The van der Waals surface area contributed by atoms with Crippen molar-refractivity contribution >= 4 is 31.0 Å². The molecule has 0 radical (unpaired) electrons. The molecule has 0 spiro atoms. The van der Waals surface area contributed by atoms with Crippen molar-refractivity contribution in [3.05, 3.63) is 131 Å². The van der Waals surface area contributed by atoms with Crippen LogP contribution in [0.4, 0.5) is 0 Å². The maximum absolute atomic E-state index is 8.36. The Morgan fingerprint density at radius 1 is 0.517 bits per heavy atom. The number of benzene rings is 4. The van der Waals surface area contributed by atoms with Gasteiger partial charge in [-0.15, -0.1) is 10.1 Å². The Morgan fingerprint density at radius 3 is 0.862 bits per heavy atom. The summed E-state index contributed by atoms with van der Waals surface area (Å²) in [5.41, 5.74) is 0. The third kappa shape index (κ3) is 4.56. The molecule has 0 unspecified atom stereocenters. The average molecular weight is 446 g/mol. The van der Waals surface area contributed by atoms with Gasteiger partial charge in [-0.1, -0.05) is 0 Å². The molecule has 4 aromatic rings. The van der Waals surface area contributed by atoms with Crippen LogP contribution in [0.1, 0.15) is 0 Å². The van der Waals surface area contributed by atoms with Crippen molar-refractivity contribution in [2.75, 3.05) is 0 Å². The molecule has 4 nitrogen and oxygen atoms in total. The van der Waals surface area contributed by atoms with Gasteiger partial charge in [0.1, 0.15) is 0 Å². The zero-order chi connectivity index (χ0) is 20.5.